The summed E-state index contributed by atoms with van der Waals surface area (Å²) in [5.41, 5.74) is -0.390. The van der Waals surface area contributed by atoms with Gasteiger partial charge >= 0.3 is 6.18 Å². The molecule has 0 aliphatic heterocycles. The number of hydrogen-bond acceptors (Lipinski definition) is 5. The van der Waals surface area contributed by atoms with E-state index < -0.39 is 51.1 Å². The maximum atomic E-state index is 13.7. The second kappa shape index (κ2) is 11.2. The smallest absolute Gasteiger partial charge is 0.324 e. The fourth-order valence-corrected chi connectivity index (χ4v) is 5.10. The van der Waals surface area contributed by atoms with Crippen LogP contribution in [0.2, 0.25) is 10.0 Å². The lowest BCUT2D eigenvalue weighted by molar-refractivity contribution is -0.151. The molecule has 14 heteroatoms. The van der Waals surface area contributed by atoms with Gasteiger partial charge in [-0.15, -0.1) is 0 Å². The van der Waals surface area contributed by atoms with Crippen LogP contribution in [0.4, 0.5) is 18.9 Å². The third-order valence-electron chi connectivity index (χ3n) is 5.37. The number of anilines is 1. The van der Waals surface area contributed by atoms with Crippen molar-refractivity contribution >= 4 is 44.8 Å². The Morgan fingerprint density at radius 2 is 1.78 bits per heavy atom. The number of halogens is 5. The van der Waals surface area contributed by atoms with E-state index >= 15 is 0 Å². The fraction of sp³-hybridized carbons (Fsp3) is 0.261. The molecule has 0 saturated heterocycles. The average Bonchev–Trinajstić information content (AvgIpc) is 2.83. The molecule has 3 aromatic rings. The highest BCUT2D eigenvalue weighted by molar-refractivity contribution is 7.89. The van der Waals surface area contributed by atoms with Crippen molar-refractivity contribution in [3.63, 3.8) is 0 Å². The Kier molecular flexibility index (Phi) is 8.68. The van der Waals surface area contributed by atoms with E-state index in [-0.39, 0.29) is 21.3 Å². The first-order chi connectivity index (χ1) is 17.2. The number of aromatic nitrogens is 2. The molecular formula is C23H21Cl2F3N4O4S. The number of amides is 1. The SMILES string of the molecule is Cc1ccc(NC(=O)C(C)n2ncc(Cl)c(Cl)c2=O)cc1S(=O)(=O)NC(Cc1ccccc1)C(F)(F)F. The van der Waals surface area contributed by atoms with Crippen molar-refractivity contribution in [2.75, 3.05) is 5.32 Å². The highest BCUT2D eigenvalue weighted by Crippen LogP contribution is 2.27. The highest BCUT2D eigenvalue weighted by Gasteiger charge is 2.42. The van der Waals surface area contributed by atoms with Gasteiger partial charge in [-0.2, -0.15) is 23.0 Å². The van der Waals surface area contributed by atoms with E-state index in [4.69, 9.17) is 23.2 Å². The van der Waals surface area contributed by atoms with Gasteiger partial charge in [0.15, 0.2) is 0 Å². The van der Waals surface area contributed by atoms with E-state index in [2.05, 4.69) is 10.4 Å². The lowest BCUT2D eigenvalue weighted by Gasteiger charge is -2.22. The van der Waals surface area contributed by atoms with Crippen LogP contribution in [-0.4, -0.2) is 36.3 Å². The molecule has 0 spiro atoms. The van der Waals surface area contributed by atoms with Gasteiger partial charge in [0.2, 0.25) is 15.9 Å². The number of nitrogens with one attached hydrogen (secondary N) is 2. The number of carbonyl (C=O) groups excluding carboxylic acids is 1. The summed E-state index contributed by atoms with van der Waals surface area (Å²) in [7, 11) is -4.66. The molecule has 2 atom stereocenters. The largest absolute Gasteiger partial charge is 0.405 e. The molecule has 1 heterocycles. The number of carbonyl (C=O) groups is 1. The zero-order valence-corrected chi connectivity index (χ0v) is 21.7. The van der Waals surface area contributed by atoms with Gasteiger partial charge < -0.3 is 5.32 Å². The molecule has 0 aliphatic carbocycles. The second-order valence-corrected chi connectivity index (χ2v) is 10.6. The molecule has 37 heavy (non-hydrogen) atoms. The number of alkyl halides is 3. The number of hydrogen-bond donors (Lipinski definition) is 2. The predicted octanol–water partition coefficient (Wildman–Crippen LogP) is 4.51. The van der Waals surface area contributed by atoms with Gasteiger partial charge in [0.25, 0.3) is 5.56 Å². The Morgan fingerprint density at radius 1 is 1.14 bits per heavy atom. The maximum Gasteiger partial charge on any atom is 0.405 e. The molecule has 0 aliphatic rings. The van der Waals surface area contributed by atoms with Gasteiger partial charge in [0, 0.05) is 5.69 Å². The van der Waals surface area contributed by atoms with Gasteiger partial charge in [-0.25, -0.2) is 13.1 Å². The molecule has 1 amide bonds. The molecule has 0 fully saturated rings. The Morgan fingerprint density at radius 3 is 2.41 bits per heavy atom. The summed E-state index contributed by atoms with van der Waals surface area (Å²) in [6, 6.07) is 7.83. The first-order valence-corrected chi connectivity index (χ1v) is 12.9. The van der Waals surface area contributed by atoms with E-state index in [0.717, 1.165) is 16.9 Å². The van der Waals surface area contributed by atoms with Crippen molar-refractivity contribution in [2.24, 2.45) is 0 Å². The molecule has 0 bridgehead atoms. The van der Waals surface area contributed by atoms with Crippen molar-refractivity contribution in [2.45, 2.75) is 43.4 Å². The van der Waals surface area contributed by atoms with Crippen molar-refractivity contribution < 1.29 is 26.4 Å². The van der Waals surface area contributed by atoms with E-state index in [1.807, 2.05) is 0 Å². The lowest BCUT2D eigenvalue weighted by Crippen LogP contribution is -2.46. The zero-order valence-electron chi connectivity index (χ0n) is 19.4. The molecule has 3 rings (SSSR count). The van der Waals surface area contributed by atoms with Crippen LogP contribution in [0.25, 0.3) is 0 Å². The van der Waals surface area contributed by atoms with Gasteiger partial charge in [0.05, 0.1) is 16.1 Å². The van der Waals surface area contributed by atoms with Gasteiger partial charge in [-0.1, -0.05) is 59.6 Å². The molecule has 1 aromatic heterocycles. The van der Waals surface area contributed by atoms with Gasteiger partial charge in [-0.3, -0.25) is 9.59 Å². The Hall–Kier alpha value is -2.93. The Balaban J connectivity index is 1.86. The fourth-order valence-electron chi connectivity index (χ4n) is 3.35. The van der Waals surface area contributed by atoms with Crippen LogP contribution in [0.1, 0.15) is 24.1 Å². The Labute approximate surface area is 220 Å². The number of benzene rings is 2. The van der Waals surface area contributed by atoms with Crippen LogP contribution in [0.15, 0.2) is 64.4 Å². The molecule has 0 radical (unpaired) electrons. The van der Waals surface area contributed by atoms with Crippen LogP contribution in [0.5, 0.6) is 0 Å². The van der Waals surface area contributed by atoms with E-state index in [1.165, 1.54) is 38.1 Å². The highest BCUT2D eigenvalue weighted by atomic mass is 35.5. The normalized spacial score (nSPS) is 13.7. The summed E-state index contributed by atoms with van der Waals surface area (Å²) in [5, 5.41) is 5.78. The standard InChI is InChI=1S/C23H21Cl2F3N4O4S/c1-13-8-9-16(30-21(33)14(2)32-22(34)20(25)17(24)12-29-32)11-18(13)37(35,36)31-19(23(26,27)28)10-15-6-4-3-5-7-15/h3-9,11-12,14,19,31H,10H2,1-2H3,(H,30,33). The number of aryl methyl sites for hydroxylation is 1. The summed E-state index contributed by atoms with van der Waals surface area (Å²) in [6.45, 7) is 2.75. The quantitative estimate of drug-likeness (QED) is 0.410. The van der Waals surface area contributed by atoms with Crippen molar-refractivity contribution in [1.29, 1.82) is 0 Å². The summed E-state index contributed by atoms with van der Waals surface area (Å²) in [5.74, 6) is -0.759. The first kappa shape index (κ1) is 28.6. The van der Waals surface area contributed by atoms with Crippen LogP contribution in [0, 0.1) is 6.92 Å². The van der Waals surface area contributed by atoms with E-state index in [1.54, 1.807) is 22.9 Å². The van der Waals surface area contributed by atoms with Crippen molar-refractivity contribution in [3.05, 3.63) is 86.3 Å². The Bertz CT molecular complexity index is 1470. The van der Waals surface area contributed by atoms with Crippen molar-refractivity contribution in [3.8, 4) is 0 Å². The molecule has 0 saturated carbocycles. The molecular weight excluding hydrogens is 556 g/mol. The number of rotatable bonds is 8. The lowest BCUT2D eigenvalue weighted by atomic mass is 10.1. The van der Waals surface area contributed by atoms with E-state index in [0.29, 0.717) is 5.56 Å². The second-order valence-electron chi connectivity index (χ2n) is 8.11. The number of sulfonamides is 1. The van der Waals surface area contributed by atoms with Gasteiger partial charge in [-0.05, 0) is 43.5 Å². The molecule has 198 valence electrons. The van der Waals surface area contributed by atoms with Crippen LogP contribution in [-0.2, 0) is 21.2 Å². The third kappa shape index (κ3) is 6.89. The molecule has 8 nitrogen and oxygen atoms in total. The minimum absolute atomic E-state index is 0.0254. The van der Waals surface area contributed by atoms with Crippen LogP contribution >= 0.6 is 23.2 Å². The topological polar surface area (TPSA) is 110 Å². The monoisotopic (exact) mass is 576 g/mol. The van der Waals surface area contributed by atoms with Crippen LogP contribution in [0.3, 0.4) is 0 Å². The number of nitrogens with zero attached hydrogens (tertiary/aromatic N) is 2. The summed E-state index contributed by atoms with van der Waals surface area (Å²) in [4.78, 5) is 24.5. The average molecular weight is 577 g/mol. The molecule has 2 unspecified atom stereocenters. The predicted molar refractivity (Wildman–Crippen MR) is 133 cm³/mol. The van der Waals surface area contributed by atoms with Gasteiger partial charge in [0.1, 0.15) is 17.1 Å². The molecule has 2 N–H and O–H groups in total. The molecule has 2 aromatic carbocycles. The summed E-state index contributed by atoms with van der Waals surface area (Å²) >= 11 is 11.6. The van der Waals surface area contributed by atoms with Crippen molar-refractivity contribution in [1.82, 2.24) is 14.5 Å². The van der Waals surface area contributed by atoms with E-state index in [9.17, 15) is 31.2 Å². The summed E-state index contributed by atoms with van der Waals surface area (Å²) in [6.07, 6.45) is -4.38. The first-order valence-electron chi connectivity index (χ1n) is 10.7. The summed E-state index contributed by atoms with van der Waals surface area (Å²) < 4.78 is 69.6. The van der Waals surface area contributed by atoms with Crippen LogP contribution < -0.4 is 15.6 Å². The zero-order chi connectivity index (χ0) is 27.5. The third-order valence-corrected chi connectivity index (χ3v) is 7.73. The minimum atomic E-state index is -4.86. The minimum Gasteiger partial charge on any atom is -0.324 e. The maximum absolute atomic E-state index is 13.7.